The quantitative estimate of drug-likeness (QED) is 0.740. The summed E-state index contributed by atoms with van der Waals surface area (Å²) in [6, 6.07) is 17.8. The van der Waals surface area contributed by atoms with Gasteiger partial charge in [0.05, 0.1) is 10.4 Å². The van der Waals surface area contributed by atoms with Crippen molar-refractivity contribution in [1.82, 2.24) is 4.98 Å². The summed E-state index contributed by atoms with van der Waals surface area (Å²) in [4.78, 5) is 4.53. The Bertz CT molecular complexity index is 900. The Morgan fingerprint density at radius 1 is 0.905 bits per heavy atom. The third-order valence-corrected chi connectivity index (χ3v) is 4.56. The molecule has 104 valence electrons. The molecule has 0 saturated carbocycles. The zero-order valence-corrected chi connectivity index (χ0v) is 12.0. The van der Waals surface area contributed by atoms with Gasteiger partial charge in [-0.3, -0.25) is 4.98 Å². The number of fused-ring (bicyclic) bond motifs is 1. The maximum Gasteiger partial charge on any atom is 0.199 e. The van der Waals surface area contributed by atoms with Crippen LogP contribution in [0.25, 0.3) is 17.0 Å². The van der Waals surface area contributed by atoms with E-state index in [0.29, 0.717) is 4.90 Å². The number of hydrogen-bond acceptors (Lipinski definition) is 3. The van der Waals surface area contributed by atoms with Gasteiger partial charge in [0.15, 0.2) is 9.84 Å². The van der Waals surface area contributed by atoms with E-state index in [2.05, 4.69) is 4.98 Å². The summed E-state index contributed by atoms with van der Waals surface area (Å²) in [6.45, 7) is 0. The summed E-state index contributed by atoms with van der Waals surface area (Å²) < 4.78 is 24.3. The first-order valence-corrected chi connectivity index (χ1v) is 8.03. The van der Waals surface area contributed by atoms with Crippen LogP contribution in [0.15, 0.2) is 77.2 Å². The van der Waals surface area contributed by atoms with Crippen LogP contribution in [0.3, 0.4) is 0 Å². The zero-order valence-electron chi connectivity index (χ0n) is 11.2. The third-order valence-electron chi connectivity index (χ3n) is 3.14. The van der Waals surface area contributed by atoms with Crippen molar-refractivity contribution in [2.75, 3.05) is 0 Å². The number of benzene rings is 2. The molecule has 0 fully saturated rings. The van der Waals surface area contributed by atoms with Crippen LogP contribution < -0.4 is 0 Å². The molecule has 1 heterocycles. The summed E-state index contributed by atoms with van der Waals surface area (Å²) >= 11 is 0. The first-order chi connectivity index (χ1) is 10.1. The molecule has 3 rings (SSSR count). The molecule has 0 aliphatic carbocycles. The van der Waals surface area contributed by atoms with Crippen LogP contribution >= 0.6 is 0 Å². The van der Waals surface area contributed by atoms with E-state index in [1.807, 2.05) is 30.3 Å². The van der Waals surface area contributed by atoms with Crippen LogP contribution in [0, 0.1) is 0 Å². The largest absolute Gasteiger partial charge is 0.256 e. The second kappa shape index (κ2) is 5.50. The van der Waals surface area contributed by atoms with E-state index >= 15 is 0 Å². The number of sulfone groups is 1. The number of aromatic nitrogens is 1. The molecule has 2 aromatic carbocycles. The average molecular weight is 295 g/mol. The van der Waals surface area contributed by atoms with Crippen molar-refractivity contribution in [3.05, 3.63) is 77.8 Å². The first kappa shape index (κ1) is 13.5. The van der Waals surface area contributed by atoms with Gasteiger partial charge in [0.2, 0.25) is 0 Å². The first-order valence-electron chi connectivity index (χ1n) is 6.48. The van der Waals surface area contributed by atoms with Gasteiger partial charge in [-0.2, -0.15) is 0 Å². The van der Waals surface area contributed by atoms with Crippen LogP contribution in [0.5, 0.6) is 0 Å². The highest BCUT2D eigenvalue weighted by atomic mass is 32.2. The lowest BCUT2D eigenvalue weighted by molar-refractivity contribution is 0.605. The predicted molar refractivity (Wildman–Crippen MR) is 84.4 cm³/mol. The summed E-state index contributed by atoms with van der Waals surface area (Å²) in [6.07, 6.45) is 3.34. The molecular formula is C17H13NO2S. The van der Waals surface area contributed by atoms with Crippen molar-refractivity contribution in [3.63, 3.8) is 0 Å². The average Bonchev–Trinajstić information content (AvgIpc) is 2.54. The van der Waals surface area contributed by atoms with Crippen LogP contribution in [-0.4, -0.2) is 13.4 Å². The highest BCUT2D eigenvalue weighted by Crippen LogP contribution is 2.17. The Balaban J connectivity index is 1.94. The molecule has 1 aromatic heterocycles. The fourth-order valence-corrected chi connectivity index (χ4v) is 3.08. The zero-order chi connectivity index (χ0) is 14.7. The molecule has 0 atom stereocenters. The SMILES string of the molecule is O=S(=O)(/C=C/c1ccc2ncccc2c1)c1ccccc1. The van der Waals surface area contributed by atoms with E-state index in [9.17, 15) is 8.42 Å². The van der Waals surface area contributed by atoms with Crippen LogP contribution in [0.4, 0.5) is 0 Å². The van der Waals surface area contributed by atoms with Gasteiger partial charge in [-0.15, -0.1) is 0 Å². The minimum Gasteiger partial charge on any atom is -0.256 e. The van der Waals surface area contributed by atoms with Gasteiger partial charge >= 0.3 is 0 Å². The minimum absolute atomic E-state index is 0.295. The van der Waals surface area contributed by atoms with Gasteiger partial charge in [0.25, 0.3) is 0 Å². The topological polar surface area (TPSA) is 47.0 Å². The Hall–Kier alpha value is -2.46. The van der Waals surface area contributed by atoms with Crippen molar-refractivity contribution in [2.45, 2.75) is 4.90 Å². The Morgan fingerprint density at radius 3 is 2.52 bits per heavy atom. The number of nitrogens with zero attached hydrogens (tertiary/aromatic N) is 1. The van der Waals surface area contributed by atoms with Crippen molar-refractivity contribution < 1.29 is 8.42 Å². The van der Waals surface area contributed by atoms with E-state index in [-0.39, 0.29) is 0 Å². The van der Waals surface area contributed by atoms with Crippen LogP contribution in [0.2, 0.25) is 0 Å². The van der Waals surface area contributed by atoms with E-state index in [4.69, 9.17) is 0 Å². The minimum atomic E-state index is -3.41. The molecule has 4 heteroatoms. The number of hydrogen-bond donors (Lipinski definition) is 0. The van der Waals surface area contributed by atoms with E-state index in [1.54, 1.807) is 42.6 Å². The molecule has 0 radical (unpaired) electrons. The van der Waals surface area contributed by atoms with Crippen molar-refractivity contribution in [3.8, 4) is 0 Å². The molecule has 0 spiro atoms. The fourth-order valence-electron chi connectivity index (χ4n) is 2.05. The third kappa shape index (κ3) is 3.01. The number of rotatable bonds is 3. The molecule has 3 aromatic rings. The number of pyridine rings is 1. The molecule has 0 N–H and O–H groups in total. The maximum atomic E-state index is 12.2. The second-order valence-electron chi connectivity index (χ2n) is 4.62. The van der Waals surface area contributed by atoms with Crippen LogP contribution in [-0.2, 0) is 9.84 Å². The summed E-state index contributed by atoms with van der Waals surface area (Å²) in [5.74, 6) is 0. The molecule has 0 unspecified atom stereocenters. The second-order valence-corrected chi connectivity index (χ2v) is 6.45. The predicted octanol–water partition coefficient (Wildman–Crippen LogP) is 3.68. The smallest absolute Gasteiger partial charge is 0.199 e. The van der Waals surface area contributed by atoms with Gasteiger partial charge in [-0.05, 0) is 42.0 Å². The summed E-state index contributed by atoms with van der Waals surface area (Å²) in [7, 11) is -3.41. The lowest BCUT2D eigenvalue weighted by atomic mass is 10.1. The Morgan fingerprint density at radius 2 is 1.71 bits per heavy atom. The highest BCUT2D eigenvalue weighted by Gasteiger charge is 2.08. The van der Waals surface area contributed by atoms with E-state index in [1.165, 1.54) is 5.41 Å². The van der Waals surface area contributed by atoms with Crippen molar-refractivity contribution >= 4 is 26.8 Å². The molecule has 3 nitrogen and oxygen atoms in total. The molecule has 0 amide bonds. The van der Waals surface area contributed by atoms with Gasteiger partial charge in [0.1, 0.15) is 0 Å². The van der Waals surface area contributed by atoms with Crippen LogP contribution in [0.1, 0.15) is 5.56 Å². The standard InChI is InChI=1S/C17H13NO2S/c19-21(20,16-6-2-1-3-7-16)12-10-14-8-9-17-15(13-14)5-4-11-18-17/h1-13H/b12-10+. The fraction of sp³-hybridized carbons (Fsp3) is 0. The lowest BCUT2D eigenvalue weighted by Gasteiger charge is -2.00. The van der Waals surface area contributed by atoms with Gasteiger partial charge in [0, 0.05) is 17.0 Å². The maximum absolute atomic E-state index is 12.2. The molecule has 0 aliphatic rings. The van der Waals surface area contributed by atoms with Crippen molar-refractivity contribution in [1.29, 1.82) is 0 Å². The van der Waals surface area contributed by atoms with E-state index < -0.39 is 9.84 Å². The normalized spacial score (nSPS) is 12.0. The Kier molecular flexibility index (Phi) is 3.54. The van der Waals surface area contributed by atoms with Gasteiger partial charge in [-0.25, -0.2) is 8.42 Å². The monoisotopic (exact) mass is 295 g/mol. The molecule has 21 heavy (non-hydrogen) atoms. The van der Waals surface area contributed by atoms with Gasteiger partial charge in [-0.1, -0.05) is 30.3 Å². The van der Waals surface area contributed by atoms with Gasteiger partial charge < -0.3 is 0 Å². The van der Waals surface area contributed by atoms with Crippen molar-refractivity contribution in [2.24, 2.45) is 0 Å². The summed E-state index contributed by atoms with van der Waals surface area (Å²) in [5, 5.41) is 2.22. The molecule has 0 bridgehead atoms. The highest BCUT2D eigenvalue weighted by molar-refractivity contribution is 7.94. The summed E-state index contributed by atoms with van der Waals surface area (Å²) in [5.41, 5.74) is 1.72. The van der Waals surface area contributed by atoms with E-state index in [0.717, 1.165) is 16.5 Å². The molecule has 0 saturated heterocycles. The molecular weight excluding hydrogens is 282 g/mol. The Labute approximate surface area is 123 Å². The lowest BCUT2D eigenvalue weighted by Crippen LogP contribution is -1.95. The molecule has 0 aliphatic heterocycles.